The van der Waals surface area contributed by atoms with Gasteiger partial charge < -0.3 is 5.32 Å². The van der Waals surface area contributed by atoms with Crippen LogP contribution in [0.4, 0.5) is 4.39 Å². The van der Waals surface area contributed by atoms with Crippen molar-refractivity contribution >= 4 is 0 Å². The van der Waals surface area contributed by atoms with Crippen molar-refractivity contribution in [2.24, 2.45) is 0 Å². The van der Waals surface area contributed by atoms with Crippen molar-refractivity contribution in [2.45, 2.75) is 26.3 Å². The second-order valence-electron chi connectivity index (χ2n) is 3.54. The third kappa shape index (κ3) is 4.62. The van der Waals surface area contributed by atoms with Crippen LogP contribution in [-0.2, 0) is 6.42 Å². The van der Waals surface area contributed by atoms with Gasteiger partial charge in [-0.2, -0.15) is 0 Å². The number of rotatable bonds is 4. The predicted octanol–water partition coefficient (Wildman–Crippen LogP) is 2.37. The second-order valence-corrected chi connectivity index (χ2v) is 3.54. The van der Waals surface area contributed by atoms with Crippen LogP contribution in [0.2, 0.25) is 0 Å². The van der Waals surface area contributed by atoms with Gasteiger partial charge in [-0.3, -0.25) is 0 Å². The van der Waals surface area contributed by atoms with Crippen LogP contribution in [0.5, 0.6) is 0 Å². The summed E-state index contributed by atoms with van der Waals surface area (Å²) in [4.78, 5) is 0. The number of nitrogens with one attached hydrogen (secondary N) is 1. The molecule has 0 radical (unpaired) electrons. The fourth-order valence-corrected chi connectivity index (χ4v) is 1.36. The Kier molecular flexibility index (Phi) is 4.86. The minimum atomic E-state index is -0.184. The van der Waals surface area contributed by atoms with Crippen molar-refractivity contribution in [3.63, 3.8) is 0 Å². The molecule has 0 saturated heterocycles. The van der Waals surface area contributed by atoms with E-state index in [1.54, 1.807) is 0 Å². The molecule has 1 N–H and O–H groups in total. The minimum absolute atomic E-state index is 0.184. The Labute approximate surface area is 90.7 Å². The summed E-state index contributed by atoms with van der Waals surface area (Å²) in [5.41, 5.74) is 1.14. The first-order chi connectivity index (χ1) is 7.22. The Balaban J connectivity index is 2.39. The maximum Gasteiger partial charge on any atom is 0.123 e. The van der Waals surface area contributed by atoms with Gasteiger partial charge in [0.15, 0.2) is 0 Å². The zero-order chi connectivity index (χ0) is 11.1. The van der Waals surface area contributed by atoms with Crippen LogP contribution in [0.15, 0.2) is 24.3 Å². The summed E-state index contributed by atoms with van der Waals surface area (Å²) in [7, 11) is 0. The van der Waals surface area contributed by atoms with E-state index in [9.17, 15) is 4.39 Å². The van der Waals surface area contributed by atoms with E-state index in [0.717, 1.165) is 12.0 Å². The first-order valence-corrected chi connectivity index (χ1v) is 5.10. The van der Waals surface area contributed by atoms with Crippen LogP contribution in [0.3, 0.4) is 0 Å². The van der Waals surface area contributed by atoms with Gasteiger partial charge in [0.2, 0.25) is 0 Å². The molecule has 1 atom stereocenters. The number of benzene rings is 1. The highest BCUT2D eigenvalue weighted by atomic mass is 19.1. The summed E-state index contributed by atoms with van der Waals surface area (Å²) in [5, 5.41) is 3.28. The standard InChI is InChI=1S/C13H16FN/c1-3-4-9-15-11(2)10-12-5-7-13(14)8-6-12/h5-8,11,15H,9-10H2,1-2H3. The minimum Gasteiger partial charge on any atom is -0.303 e. The van der Waals surface area contributed by atoms with Gasteiger partial charge in [-0.05, 0) is 38.0 Å². The lowest BCUT2D eigenvalue weighted by Crippen LogP contribution is -2.28. The molecular weight excluding hydrogens is 189 g/mol. The van der Waals surface area contributed by atoms with Crippen molar-refractivity contribution in [3.05, 3.63) is 35.6 Å². The van der Waals surface area contributed by atoms with Crippen molar-refractivity contribution in [3.8, 4) is 11.8 Å². The molecule has 0 amide bonds. The molecule has 2 heteroatoms. The van der Waals surface area contributed by atoms with Crippen LogP contribution in [0.25, 0.3) is 0 Å². The zero-order valence-electron chi connectivity index (χ0n) is 9.18. The smallest absolute Gasteiger partial charge is 0.123 e. The summed E-state index contributed by atoms with van der Waals surface area (Å²) >= 11 is 0. The van der Waals surface area contributed by atoms with E-state index in [1.165, 1.54) is 12.1 Å². The molecule has 1 unspecified atom stereocenters. The largest absolute Gasteiger partial charge is 0.303 e. The highest BCUT2D eigenvalue weighted by Crippen LogP contribution is 2.05. The van der Waals surface area contributed by atoms with Crippen LogP contribution in [-0.4, -0.2) is 12.6 Å². The molecule has 0 saturated carbocycles. The SMILES string of the molecule is CC#CCNC(C)Cc1ccc(F)cc1. The monoisotopic (exact) mass is 205 g/mol. The molecular formula is C13H16FN. The Bertz CT molecular complexity index is 345. The molecule has 15 heavy (non-hydrogen) atoms. The van der Waals surface area contributed by atoms with E-state index < -0.39 is 0 Å². The van der Waals surface area contributed by atoms with Gasteiger partial charge in [-0.1, -0.05) is 18.1 Å². The first kappa shape index (κ1) is 11.7. The maximum absolute atomic E-state index is 12.6. The zero-order valence-corrected chi connectivity index (χ0v) is 9.18. The van der Waals surface area contributed by atoms with E-state index in [2.05, 4.69) is 24.1 Å². The quantitative estimate of drug-likeness (QED) is 0.744. The van der Waals surface area contributed by atoms with Gasteiger partial charge in [0.1, 0.15) is 5.82 Å². The molecule has 0 bridgehead atoms. The predicted molar refractivity (Wildman–Crippen MR) is 61.0 cm³/mol. The Morgan fingerprint density at radius 2 is 2.00 bits per heavy atom. The highest BCUT2D eigenvalue weighted by molar-refractivity contribution is 5.17. The van der Waals surface area contributed by atoms with Gasteiger partial charge >= 0.3 is 0 Å². The van der Waals surface area contributed by atoms with Gasteiger partial charge in [0.25, 0.3) is 0 Å². The number of hydrogen-bond acceptors (Lipinski definition) is 1. The molecule has 0 aromatic heterocycles. The average Bonchev–Trinajstić information content (AvgIpc) is 2.22. The van der Waals surface area contributed by atoms with Crippen LogP contribution < -0.4 is 5.32 Å². The molecule has 1 aromatic carbocycles. The summed E-state index contributed by atoms with van der Waals surface area (Å²) < 4.78 is 12.6. The molecule has 1 aromatic rings. The lowest BCUT2D eigenvalue weighted by molar-refractivity contribution is 0.583. The molecule has 1 nitrogen and oxygen atoms in total. The first-order valence-electron chi connectivity index (χ1n) is 5.10. The van der Waals surface area contributed by atoms with Crippen molar-refractivity contribution in [1.82, 2.24) is 5.32 Å². The Morgan fingerprint density at radius 3 is 2.60 bits per heavy atom. The van der Waals surface area contributed by atoms with Crippen LogP contribution in [0.1, 0.15) is 19.4 Å². The highest BCUT2D eigenvalue weighted by Gasteiger charge is 2.01. The summed E-state index contributed by atoms with van der Waals surface area (Å²) in [6.07, 6.45) is 0.895. The van der Waals surface area contributed by atoms with E-state index in [1.807, 2.05) is 19.1 Å². The topological polar surface area (TPSA) is 12.0 Å². The lowest BCUT2D eigenvalue weighted by atomic mass is 10.1. The van der Waals surface area contributed by atoms with E-state index >= 15 is 0 Å². The Morgan fingerprint density at radius 1 is 1.33 bits per heavy atom. The third-order valence-corrected chi connectivity index (χ3v) is 2.17. The molecule has 0 aliphatic carbocycles. The van der Waals surface area contributed by atoms with E-state index in [-0.39, 0.29) is 5.82 Å². The number of hydrogen-bond donors (Lipinski definition) is 1. The summed E-state index contributed by atoms with van der Waals surface area (Å²) in [6.45, 7) is 4.63. The molecule has 80 valence electrons. The number of halogens is 1. The molecule has 0 aliphatic rings. The lowest BCUT2D eigenvalue weighted by Gasteiger charge is -2.11. The normalized spacial score (nSPS) is 11.7. The van der Waals surface area contributed by atoms with Crippen molar-refractivity contribution in [2.75, 3.05) is 6.54 Å². The van der Waals surface area contributed by atoms with Crippen LogP contribution >= 0.6 is 0 Å². The summed E-state index contributed by atoms with van der Waals surface area (Å²) in [5.74, 6) is 5.60. The molecule has 0 aliphatic heterocycles. The van der Waals surface area contributed by atoms with Gasteiger partial charge in [0.05, 0.1) is 6.54 Å². The maximum atomic E-state index is 12.6. The van der Waals surface area contributed by atoms with Crippen LogP contribution in [0, 0.1) is 17.7 Å². The third-order valence-electron chi connectivity index (χ3n) is 2.17. The van der Waals surface area contributed by atoms with Gasteiger partial charge in [-0.25, -0.2) is 4.39 Å². The van der Waals surface area contributed by atoms with E-state index in [0.29, 0.717) is 12.6 Å². The van der Waals surface area contributed by atoms with Gasteiger partial charge in [-0.15, -0.1) is 5.92 Å². The Hall–Kier alpha value is -1.33. The molecule has 0 spiro atoms. The second kappa shape index (κ2) is 6.21. The van der Waals surface area contributed by atoms with Crippen molar-refractivity contribution < 1.29 is 4.39 Å². The molecule has 0 fully saturated rings. The van der Waals surface area contributed by atoms with Gasteiger partial charge in [0, 0.05) is 6.04 Å². The van der Waals surface area contributed by atoms with E-state index in [4.69, 9.17) is 0 Å². The molecule has 0 heterocycles. The molecule has 1 rings (SSSR count). The fraction of sp³-hybridized carbons (Fsp3) is 0.385. The average molecular weight is 205 g/mol. The van der Waals surface area contributed by atoms with Crippen molar-refractivity contribution in [1.29, 1.82) is 0 Å². The fourth-order valence-electron chi connectivity index (χ4n) is 1.36. The summed E-state index contributed by atoms with van der Waals surface area (Å²) in [6, 6.07) is 6.98.